The highest BCUT2D eigenvalue weighted by Crippen LogP contribution is 2.28. The molecule has 0 bridgehead atoms. The molecule has 0 aliphatic heterocycles. The van der Waals surface area contributed by atoms with Gasteiger partial charge in [-0.05, 0) is 35.7 Å². The van der Waals surface area contributed by atoms with Gasteiger partial charge in [0, 0.05) is 24.1 Å². The summed E-state index contributed by atoms with van der Waals surface area (Å²) >= 11 is 1.40. The van der Waals surface area contributed by atoms with Gasteiger partial charge in [0.15, 0.2) is 5.75 Å². The van der Waals surface area contributed by atoms with Gasteiger partial charge in [-0.15, -0.1) is 24.2 Å². The second-order valence-electron chi connectivity index (χ2n) is 5.60. The number of anilines is 1. The molecule has 0 atom stereocenters. The van der Waals surface area contributed by atoms with Gasteiger partial charge in [-0.2, -0.15) is 0 Å². The first-order chi connectivity index (χ1) is 12.5. The Morgan fingerprint density at radius 2 is 1.89 bits per heavy atom. The Morgan fingerprint density at radius 1 is 1.22 bits per heavy atom. The summed E-state index contributed by atoms with van der Waals surface area (Å²) < 4.78 is 4.97. The molecule has 146 valence electrons. The second kappa shape index (κ2) is 11.3. The van der Waals surface area contributed by atoms with Crippen molar-refractivity contribution in [1.29, 1.82) is 0 Å². The van der Waals surface area contributed by atoms with Crippen LogP contribution in [0, 0.1) is 10.1 Å². The minimum absolute atomic E-state index is 0. The van der Waals surface area contributed by atoms with Crippen LogP contribution in [0.2, 0.25) is 0 Å². The van der Waals surface area contributed by atoms with Crippen molar-refractivity contribution < 1.29 is 14.5 Å². The zero-order chi connectivity index (χ0) is 18.9. The van der Waals surface area contributed by atoms with Crippen LogP contribution in [0.4, 0.5) is 11.4 Å². The fraction of sp³-hybridized carbons (Fsp3) is 0.278. The van der Waals surface area contributed by atoms with Gasteiger partial charge < -0.3 is 15.8 Å². The van der Waals surface area contributed by atoms with E-state index in [1.165, 1.54) is 24.9 Å². The minimum atomic E-state index is -0.475. The van der Waals surface area contributed by atoms with E-state index in [0.717, 1.165) is 17.5 Å². The molecule has 0 aliphatic rings. The zero-order valence-electron chi connectivity index (χ0n) is 14.8. The molecule has 1 amide bonds. The number of carbonyl (C=O) groups is 1. The average molecular weight is 412 g/mol. The largest absolute Gasteiger partial charge is 0.490 e. The number of methoxy groups -OCH3 is 1. The average Bonchev–Trinajstić information content (AvgIpc) is 2.63. The summed E-state index contributed by atoms with van der Waals surface area (Å²) in [5, 5.41) is 13.9. The maximum atomic E-state index is 11.9. The van der Waals surface area contributed by atoms with Crippen molar-refractivity contribution in [3.63, 3.8) is 0 Å². The lowest BCUT2D eigenvalue weighted by atomic mass is 10.1. The SMILES string of the molecule is COc1ccc(CSCC(=O)NCCc2ccc(N)cc2)cc1[N+](=O)[O-].Cl. The Hall–Kier alpha value is -2.45. The molecule has 2 aromatic carbocycles. The first-order valence-corrected chi connectivity index (χ1v) is 9.15. The van der Waals surface area contributed by atoms with Crippen LogP contribution in [0.15, 0.2) is 42.5 Å². The van der Waals surface area contributed by atoms with Gasteiger partial charge in [-0.3, -0.25) is 14.9 Å². The molecule has 0 saturated heterocycles. The summed E-state index contributed by atoms with van der Waals surface area (Å²) in [4.78, 5) is 22.4. The summed E-state index contributed by atoms with van der Waals surface area (Å²) in [7, 11) is 1.39. The van der Waals surface area contributed by atoms with Crippen LogP contribution in [-0.4, -0.2) is 30.2 Å². The molecule has 27 heavy (non-hydrogen) atoms. The number of nitrogen functional groups attached to an aromatic ring is 1. The minimum Gasteiger partial charge on any atom is -0.490 e. The van der Waals surface area contributed by atoms with Gasteiger partial charge in [-0.25, -0.2) is 0 Å². The number of nitro benzene ring substituents is 1. The van der Waals surface area contributed by atoms with Crippen LogP contribution in [0.1, 0.15) is 11.1 Å². The van der Waals surface area contributed by atoms with Crippen molar-refractivity contribution in [2.24, 2.45) is 0 Å². The second-order valence-corrected chi connectivity index (χ2v) is 6.58. The monoisotopic (exact) mass is 411 g/mol. The molecule has 0 aromatic heterocycles. The van der Waals surface area contributed by atoms with Gasteiger partial charge >= 0.3 is 5.69 Å². The molecule has 3 N–H and O–H groups in total. The van der Waals surface area contributed by atoms with E-state index in [4.69, 9.17) is 10.5 Å². The lowest BCUT2D eigenvalue weighted by Crippen LogP contribution is -2.27. The molecule has 9 heteroatoms. The summed E-state index contributed by atoms with van der Waals surface area (Å²) in [5.74, 6) is 0.968. The third-order valence-electron chi connectivity index (χ3n) is 3.66. The van der Waals surface area contributed by atoms with Crippen molar-refractivity contribution in [3.05, 3.63) is 63.7 Å². The topological polar surface area (TPSA) is 107 Å². The number of nitrogens with two attached hydrogens (primary N) is 1. The number of halogens is 1. The van der Waals surface area contributed by atoms with E-state index >= 15 is 0 Å². The highest BCUT2D eigenvalue weighted by atomic mass is 35.5. The Morgan fingerprint density at radius 3 is 2.52 bits per heavy atom. The number of rotatable bonds is 9. The van der Waals surface area contributed by atoms with Gasteiger partial charge in [0.1, 0.15) is 0 Å². The summed E-state index contributed by atoms with van der Waals surface area (Å²) in [5.41, 5.74) is 8.16. The fourth-order valence-electron chi connectivity index (χ4n) is 2.31. The number of carbonyl (C=O) groups excluding carboxylic acids is 1. The maximum absolute atomic E-state index is 11.9. The molecule has 2 aromatic rings. The Bertz CT molecular complexity index is 772. The number of nitro groups is 1. The molecule has 0 spiro atoms. The lowest BCUT2D eigenvalue weighted by Gasteiger charge is -2.07. The first-order valence-electron chi connectivity index (χ1n) is 7.99. The highest BCUT2D eigenvalue weighted by molar-refractivity contribution is 7.99. The van der Waals surface area contributed by atoms with Crippen LogP contribution in [0.25, 0.3) is 0 Å². The Kier molecular flexibility index (Phi) is 9.46. The van der Waals surface area contributed by atoms with Gasteiger partial charge in [0.2, 0.25) is 5.91 Å². The third-order valence-corrected chi connectivity index (χ3v) is 4.66. The molecule has 0 radical (unpaired) electrons. The number of thioether (sulfide) groups is 1. The van der Waals surface area contributed by atoms with E-state index in [9.17, 15) is 14.9 Å². The van der Waals surface area contributed by atoms with Crippen LogP contribution >= 0.6 is 24.2 Å². The number of nitrogens with one attached hydrogen (secondary N) is 1. The maximum Gasteiger partial charge on any atom is 0.311 e. The first kappa shape index (κ1) is 22.6. The highest BCUT2D eigenvalue weighted by Gasteiger charge is 2.15. The number of nitrogens with zero attached hydrogens (tertiary/aromatic N) is 1. The van der Waals surface area contributed by atoms with E-state index in [-0.39, 0.29) is 29.8 Å². The zero-order valence-corrected chi connectivity index (χ0v) is 16.5. The number of ether oxygens (including phenoxy) is 1. The lowest BCUT2D eigenvalue weighted by molar-refractivity contribution is -0.385. The quantitative estimate of drug-likeness (QED) is 0.372. The predicted molar refractivity (Wildman–Crippen MR) is 111 cm³/mol. The Balaban J connectivity index is 0.00000364. The molecule has 0 heterocycles. The van der Waals surface area contributed by atoms with E-state index in [0.29, 0.717) is 23.7 Å². The normalized spacial score (nSPS) is 9.96. The third kappa shape index (κ3) is 7.36. The van der Waals surface area contributed by atoms with E-state index in [1.807, 2.05) is 24.3 Å². The van der Waals surface area contributed by atoms with Crippen molar-refractivity contribution in [1.82, 2.24) is 5.32 Å². The van der Waals surface area contributed by atoms with E-state index in [1.54, 1.807) is 12.1 Å². The standard InChI is InChI=1S/C18H21N3O4S.ClH/c1-25-17-7-4-14(10-16(17)21(23)24)11-26-12-18(22)20-9-8-13-2-5-15(19)6-3-13;/h2-7,10H,8-9,11-12,19H2,1H3,(H,20,22);1H. The summed E-state index contributed by atoms with van der Waals surface area (Å²) in [6.45, 7) is 0.553. The smallest absolute Gasteiger partial charge is 0.311 e. The van der Waals surface area contributed by atoms with Crippen molar-refractivity contribution in [2.45, 2.75) is 12.2 Å². The van der Waals surface area contributed by atoms with Crippen LogP contribution < -0.4 is 15.8 Å². The molecule has 0 unspecified atom stereocenters. The molecule has 0 aliphatic carbocycles. The van der Waals surface area contributed by atoms with Crippen molar-refractivity contribution in [3.8, 4) is 5.75 Å². The Labute approximate surface area is 168 Å². The number of hydrogen-bond acceptors (Lipinski definition) is 6. The predicted octanol–water partition coefficient (Wildman–Crippen LogP) is 3.20. The van der Waals surface area contributed by atoms with Crippen molar-refractivity contribution >= 4 is 41.5 Å². The molecular formula is C18H22ClN3O4S. The molecule has 2 rings (SSSR count). The van der Waals surface area contributed by atoms with Gasteiger partial charge in [0.25, 0.3) is 0 Å². The van der Waals surface area contributed by atoms with Crippen LogP contribution in [0.5, 0.6) is 5.75 Å². The van der Waals surface area contributed by atoms with E-state index in [2.05, 4.69) is 5.32 Å². The van der Waals surface area contributed by atoms with Crippen molar-refractivity contribution in [2.75, 3.05) is 25.1 Å². The number of benzene rings is 2. The number of amides is 1. The summed E-state index contributed by atoms with van der Waals surface area (Å²) in [6, 6.07) is 12.4. The van der Waals surface area contributed by atoms with Crippen LogP contribution in [-0.2, 0) is 17.0 Å². The van der Waals surface area contributed by atoms with Crippen LogP contribution in [0.3, 0.4) is 0 Å². The fourth-order valence-corrected chi connectivity index (χ4v) is 3.12. The molecular weight excluding hydrogens is 390 g/mol. The number of hydrogen-bond donors (Lipinski definition) is 2. The van der Waals surface area contributed by atoms with E-state index < -0.39 is 4.92 Å². The molecule has 7 nitrogen and oxygen atoms in total. The van der Waals surface area contributed by atoms with Gasteiger partial charge in [0.05, 0.1) is 17.8 Å². The summed E-state index contributed by atoms with van der Waals surface area (Å²) in [6.07, 6.45) is 0.737. The van der Waals surface area contributed by atoms with Gasteiger partial charge in [-0.1, -0.05) is 18.2 Å². The molecule has 0 saturated carbocycles. The molecule has 0 fully saturated rings.